The zero-order chi connectivity index (χ0) is 27.7. The molecule has 0 unspecified atom stereocenters. The lowest BCUT2D eigenvalue weighted by Gasteiger charge is -2.40. The third-order valence-corrected chi connectivity index (χ3v) is 9.41. The van der Waals surface area contributed by atoms with Crippen molar-refractivity contribution in [2.24, 2.45) is 0 Å². The molecule has 3 aromatic carbocycles. The average Bonchev–Trinajstić information content (AvgIpc) is 3.19. The van der Waals surface area contributed by atoms with Crippen molar-refractivity contribution in [3.8, 4) is 0 Å². The molecule has 5 rings (SSSR count). The first-order chi connectivity index (χ1) is 18.6. The molecule has 0 N–H and O–H groups in total. The summed E-state index contributed by atoms with van der Waals surface area (Å²) in [6.45, 7) is 5.28. The number of Topliss-reactive ketones (excluding diaryl/α,β-unsaturated/α-hetero) is 1. The van der Waals surface area contributed by atoms with Gasteiger partial charge in [0.1, 0.15) is 0 Å². The second-order valence-corrected chi connectivity index (χ2v) is 12.4. The van der Waals surface area contributed by atoms with Gasteiger partial charge in [0.05, 0.1) is 10.0 Å². The second kappa shape index (κ2) is 11.6. The van der Waals surface area contributed by atoms with Crippen molar-refractivity contribution < 1.29 is 9.59 Å². The second-order valence-electron chi connectivity index (χ2n) is 11.1. The van der Waals surface area contributed by atoms with Crippen LogP contribution in [0.4, 0.5) is 0 Å². The number of likely N-dealkylation sites (tertiary alicyclic amines) is 1. The molecule has 0 radical (unpaired) electrons. The van der Waals surface area contributed by atoms with Gasteiger partial charge in [-0.05, 0) is 92.8 Å². The van der Waals surface area contributed by atoms with E-state index < -0.39 is 0 Å². The van der Waals surface area contributed by atoms with Crippen LogP contribution in [0, 0.1) is 6.92 Å². The minimum absolute atomic E-state index is 0.0188. The number of rotatable bonds is 7. The highest BCUT2D eigenvalue weighted by molar-refractivity contribution is 6.42. The van der Waals surface area contributed by atoms with Crippen molar-refractivity contribution in [3.63, 3.8) is 0 Å². The highest BCUT2D eigenvalue weighted by atomic mass is 35.5. The summed E-state index contributed by atoms with van der Waals surface area (Å²) in [5.74, 6) is 0.301. The van der Waals surface area contributed by atoms with Crippen molar-refractivity contribution in [3.05, 3.63) is 104 Å². The number of fused-ring (bicyclic) bond motifs is 2. The molecule has 1 heterocycles. The SMILES string of the molecule is Cc1cc(Cl)cc(C(=O)N(C)C[C@@H](CCN2CCC3(CC2)CC(=O)c2ccccc23)c2ccc(Cl)c(Cl)c2)c1. The molecule has 39 heavy (non-hydrogen) atoms. The van der Waals surface area contributed by atoms with E-state index >= 15 is 0 Å². The molecule has 1 amide bonds. The molecule has 1 aliphatic carbocycles. The van der Waals surface area contributed by atoms with Gasteiger partial charge in [0.2, 0.25) is 0 Å². The van der Waals surface area contributed by atoms with E-state index in [4.69, 9.17) is 34.8 Å². The Hall–Kier alpha value is -2.37. The number of benzene rings is 3. The number of carbonyl (C=O) groups excluding carboxylic acids is 2. The zero-order valence-electron chi connectivity index (χ0n) is 22.4. The van der Waals surface area contributed by atoms with Crippen molar-refractivity contribution in [2.75, 3.05) is 33.2 Å². The van der Waals surface area contributed by atoms with Crippen LogP contribution in [0.15, 0.2) is 60.7 Å². The Balaban J connectivity index is 1.28. The Bertz CT molecular complexity index is 1380. The summed E-state index contributed by atoms with van der Waals surface area (Å²) in [5.41, 5.74) is 4.73. The van der Waals surface area contributed by atoms with Crippen LogP contribution >= 0.6 is 34.8 Å². The summed E-state index contributed by atoms with van der Waals surface area (Å²) in [4.78, 5) is 30.2. The first kappa shape index (κ1) is 28.2. The third-order valence-electron chi connectivity index (χ3n) is 8.45. The lowest BCUT2D eigenvalue weighted by molar-refractivity contribution is 0.0778. The number of nitrogens with zero attached hydrogens (tertiary/aromatic N) is 2. The van der Waals surface area contributed by atoms with Crippen molar-refractivity contribution >= 4 is 46.5 Å². The van der Waals surface area contributed by atoms with Gasteiger partial charge in [-0.15, -0.1) is 0 Å². The van der Waals surface area contributed by atoms with Crippen molar-refractivity contribution in [2.45, 2.75) is 43.9 Å². The number of likely N-dealkylation sites (N-methyl/N-ethyl adjacent to an activating group) is 1. The summed E-state index contributed by atoms with van der Waals surface area (Å²) in [6, 6.07) is 19.3. The van der Waals surface area contributed by atoms with Gasteiger partial charge in [-0.1, -0.05) is 65.1 Å². The first-order valence-electron chi connectivity index (χ1n) is 13.5. The highest BCUT2D eigenvalue weighted by Crippen LogP contribution is 2.46. The lowest BCUT2D eigenvalue weighted by Crippen LogP contribution is -2.42. The molecule has 0 saturated carbocycles. The van der Waals surface area contributed by atoms with Gasteiger partial charge in [-0.2, -0.15) is 0 Å². The quantitative estimate of drug-likeness (QED) is 0.285. The van der Waals surface area contributed by atoms with E-state index in [1.54, 1.807) is 11.0 Å². The monoisotopic (exact) mass is 582 g/mol. The van der Waals surface area contributed by atoms with Crippen LogP contribution < -0.4 is 0 Å². The molecular weight excluding hydrogens is 551 g/mol. The maximum absolute atomic E-state index is 13.3. The van der Waals surface area contributed by atoms with E-state index in [9.17, 15) is 9.59 Å². The molecule has 1 atom stereocenters. The fourth-order valence-electron chi connectivity index (χ4n) is 6.30. The van der Waals surface area contributed by atoms with Crippen LogP contribution in [0.1, 0.15) is 69.0 Å². The summed E-state index contributed by atoms with van der Waals surface area (Å²) in [7, 11) is 1.84. The van der Waals surface area contributed by atoms with Gasteiger partial charge >= 0.3 is 0 Å². The van der Waals surface area contributed by atoms with Crippen molar-refractivity contribution in [1.82, 2.24) is 9.80 Å². The maximum atomic E-state index is 13.3. The fourth-order valence-corrected chi connectivity index (χ4v) is 6.90. The number of ketones is 1. The number of hydrogen-bond acceptors (Lipinski definition) is 3. The summed E-state index contributed by atoms with van der Waals surface area (Å²) in [6.07, 6.45) is 3.47. The zero-order valence-corrected chi connectivity index (χ0v) is 24.6. The number of hydrogen-bond donors (Lipinski definition) is 0. The smallest absolute Gasteiger partial charge is 0.253 e. The van der Waals surface area contributed by atoms with Crippen LogP contribution in [-0.4, -0.2) is 54.7 Å². The molecule has 0 aromatic heterocycles. The van der Waals surface area contributed by atoms with E-state index in [2.05, 4.69) is 17.0 Å². The fraction of sp³-hybridized carbons (Fsp3) is 0.375. The van der Waals surface area contributed by atoms with Crippen molar-refractivity contribution in [1.29, 1.82) is 0 Å². The molecule has 7 heteroatoms. The standard InChI is InChI=1S/C32H33Cl3N2O2/c1-21-15-24(17-25(33)16-21)31(39)36(2)20-23(22-7-8-28(34)29(35)18-22)9-12-37-13-10-32(11-14-37)19-30(38)26-5-3-4-6-27(26)32/h3-8,15-18,23H,9-14,19-20H2,1-2H3/t23-/m1/s1. The molecule has 1 aliphatic heterocycles. The van der Waals surface area contributed by atoms with E-state index in [0.717, 1.165) is 55.6 Å². The molecule has 4 nitrogen and oxygen atoms in total. The predicted octanol–water partition coefficient (Wildman–Crippen LogP) is 7.82. The van der Waals surface area contributed by atoms with Gasteiger partial charge in [-0.3, -0.25) is 9.59 Å². The number of halogens is 3. The Kier molecular flexibility index (Phi) is 8.40. The number of amides is 1. The molecule has 1 spiro atoms. The Morgan fingerprint density at radius 1 is 1.00 bits per heavy atom. The summed E-state index contributed by atoms with van der Waals surface area (Å²) < 4.78 is 0. The van der Waals surface area contributed by atoms with E-state index in [-0.39, 0.29) is 23.0 Å². The minimum Gasteiger partial charge on any atom is -0.341 e. The van der Waals surface area contributed by atoms with E-state index in [1.165, 1.54) is 5.56 Å². The predicted molar refractivity (Wildman–Crippen MR) is 160 cm³/mol. The van der Waals surface area contributed by atoms with Crippen LogP contribution in [0.5, 0.6) is 0 Å². The number of piperidine rings is 1. The Labute approximate surface area is 245 Å². The topological polar surface area (TPSA) is 40.6 Å². The van der Waals surface area contributed by atoms with Crippen LogP contribution in [0.25, 0.3) is 0 Å². The van der Waals surface area contributed by atoms with E-state index in [0.29, 0.717) is 33.6 Å². The Morgan fingerprint density at radius 3 is 2.46 bits per heavy atom. The molecule has 204 valence electrons. The highest BCUT2D eigenvalue weighted by Gasteiger charge is 2.44. The summed E-state index contributed by atoms with van der Waals surface area (Å²) >= 11 is 18.8. The van der Waals surface area contributed by atoms with E-state index in [1.807, 2.05) is 56.4 Å². The van der Waals surface area contributed by atoms with Gasteiger partial charge in [0.15, 0.2) is 5.78 Å². The molecular formula is C32H33Cl3N2O2. The lowest BCUT2D eigenvalue weighted by atomic mass is 9.73. The normalized spacial score (nSPS) is 17.3. The van der Waals surface area contributed by atoms with Gasteiger partial charge in [-0.25, -0.2) is 0 Å². The van der Waals surface area contributed by atoms with Gasteiger partial charge < -0.3 is 9.80 Å². The molecule has 3 aromatic rings. The maximum Gasteiger partial charge on any atom is 0.253 e. The Morgan fingerprint density at radius 2 is 1.74 bits per heavy atom. The molecule has 1 saturated heterocycles. The largest absolute Gasteiger partial charge is 0.341 e. The minimum atomic E-state index is -0.0601. The van der Waals surface area contributed by atoms with Crippen LogP contribution in [0.3, 0.4) is 0 Å². The summed E-state index contributed by atoms with van der Waals surface area (Å²) in [5, 5.41) is 1.59. The number of carbonyl (C=O) groups is 2. The molecule has 0 bridgehead atoms. The van der Waals surface area contributed by atoms with Crippen LogP contribution in [0.2, 0.25) is 15.1 Å². The molecule has 1 fully saturated rings. The first-order valence-corrected chi connectivity index (χ1v) is 14.6. The van der Waals surface area contributed by atoms with Crippen LogP contribution in [-0.2, 0) is 5.41 Å². The van der Waals surface area contributed by atoms with Gasteiger partial charge in [0, 0.05) is 47.5 Å². The molecule has 2 aliphatic rings. The third kappa shape index (κ3) is 6.05. The average molecular weight is 584 g/mol. The number of aryl methyl sites for hydroxylation is 1. The van der Waals surface area contributed by atoms with Gasteiger partial charge in [0.25, 0.3) is 5.91 Å².